The number of carbonyl (C=O) groups is 1. The smallest absolute Gasteiger partial charge is 0.161 e. The lowest BCUT2D eigenvalue weighted by Crippen LogP contribution is -2.28. The van der Waals surface area contributed by atoms with Crippen molar-refractivity contribution in [3.8, 4) is 0 Å². The van der Waals surface area contributed by atoms with Gasteiger partial charge >= 0.3 is 0 Å². The Labute approximate surface area is 53.7 Å². The second kappa shape index (κ2) is 3.56. The molecular formula is C6H11FO2. The van der Waals surface area contributed by atoms with E-state index in [9.17, 15) is 9.18 Å². The van der Waals surface area contributed by atoms with Crippen molar-refractivity contribution >= 4 is 5.78 Å². The zero-order valence-electron chi connectivity index (χ0n) is 5.60. The lowest BCUT2D eigenvalue weighted by molar-refractivity contribution is -0.128. The molecule has 0 spiro atoms. The van der Waals surface area contributed by atoms with Gasteiger partial charge in [-0.25, -0.2) is 4.39 Å². The third-order valence-corrected chi connectivity index (χ3v) is 1.15. The van der Waals surface area contributed by atoms with E-state index in [-0.39, 0.29) is 6.42 Å². The summed E-state index contributed by atoms with van der Waals surface area (Å²) in [6.45, 7) is 2.75. The molecule has 9 heavy (non-hydrogen) atoms. The molecule has 1 N–H and O–H groups in total. The van der Waals surface area contributed by atoms with Gasteiger partial charge in [0.2, 0.25) is 0 Å². The molecule has 3 heteroatoms. The fourth-order valence-electron chi connectivity index (χ4n) is 0.478. The highest BCUT2D eigenvalue weighted by Gasteiger charge is 2.19. The number of hydrogen-bond acceptors (Lipinski definition) is 2. The van der Waals surface area contributed by atoms with Gasteiger partial charge in [-0.3, -0.25) is 4.79 Å². The van der Waals surface area contributed by atoms with Gasteiger partial charge in [-0.05, 0) is 13.3 Å². The predicted octanol–water partition coefficient (Wildman–Crippen LogP) is 0.684. The summed E-state index contributed by atoms with van der Waals surface area (Å²) < 4.78 is 12.3. The average Bonchev–Trinajstić information content (AvgIpc) is 1.84. The van der Waals surface area contributed by atoms with Crippen molar-refractivity contribution in [2.75, 3.05) is 0 Å². The van der Waals surface area contributed by atoms with E-state index in [2.05, 4.69) is 0 Å². The van der Waals surface area contributed by atoms with Gasteiger partial charge in [0.1, 0.15) is 12.3 Å². The first-order valence-corrected chi connectivity index (χ1v) is 2.92. The molecule has 0 aromatic carbocycles. The van der Waals surface area contributed by atoms with Crippen LogP contribution < -0.4 is 0 Å². The number of rotatable bonds is 3. The highest BCUT2D eigenvalue weighted by Crippen LogP contribution is 2.03. The summed E-state index contributed by atoms with van der Waals surface area (Å²) in [7, 11) is 0. The Morgan fingerprint density at radius 3 is 2.33 bits per heavy atom. The van der Waals surface area contributed by atoms with E-state index in [1.165, 1.54) is 6.92 Å². The molecule has 0 rings (SSSR count). The number of Topliss-reactive ketones (excluding diaryl/α,β-unsaturated/α-hetero) is 1. The molecule has 0 aromatic rings. The van der Waals surface area contributed by atoms with E-state index in [1.54, 1.807) is 6.92 Å². The first-order chi connectivity index (χ1) is 4.09. The number of carbonyl (C=O) groups excluding carboxylic acids is 1. The SMILES string of the molecule is CC[C@@H](F)[C@H](O)C(C)=O. The highest BCUT2D eigenvalue weighted by atomic mass is 19.1. The van der Waals surface area contributed by atoms with Crippen molar-refractivity contribution in [1.82, 2.24) is 0 Å². The third-order valence-electron chi connectivity index (χ3n) is 1.15. The summed E-state index contributed by atoms with van der Waals surface area (Å²) in [4.78, 5) is 10.3. The number of ketones is 1. The molecule has 0 heterocycles. The van der Waals surface area contributed by atoms with Gasteiger partial charge in [0.25, 0.3) is 0 Å². The van der Waals surface area contributed by atoms with Gasteiger partial charge in [-0.15, -0.1) is 0 Å². The normalized spacial score (nSPS) is 16.9. The Kier molecular flexibility index (Phi) is 3.39. The molecule has 2 nitrogen and oxygen atoms in total. The Morgan fingerprint density at radius 1 is 1.78 bits per heavy atom. The van der Waals surface area contributed by atoms with Crippen molar-refractivity contribution < 1.29 is 14.3 Å². The van der Waals surface area contributed by atoms with Crippen molar-refractivity contribution in [1.29, 1.82) is 0 Å². The van der Waals surface area contributed by atoms with Gasteiger partial charge in [0.15, 0.2) is 5.78 Å². The number of hydrogen-bond donors (Lipinski definition) is 1. The van der Waals surface area contributed by atoms with E-state index in [0.29, 0.717) is 0 Å². The fourth-order valence-corrected chi connectivity index (χ4v) is 0.478. The minimum absolute atomic E-state index is 0.181. The van der Waals surface area contributed by atoms with E-state index < -0.39 is 18.1 Å². The average molecular weight is 134 g/mol. The van der Waals surface area contributed by atoms with E-state index in [4.69, 9.17) is 5.11 Å². The maximum atomic E-state index is 12.3. The van der Waals surface area contributed by atoms with Gasteiger partial charge in [-0.1, -0.05) is 6.92 Å². The molecule has 0 unspecified atom stereocenters. The first kappa shape index (κ1) is 8.56. The van der Waals surface area contributed by atoms with E-state index >= 15 is 0 Å². The second-order valence-electron chi connectivity index (χ2n) is 1.98. The third kappa shape index (κ3) is 2.56. The molecule has 0 radical (unpaired) electrons. The van der Waals surface area contributed by atoms with Crippen molar-refractivity contribution in [3.63, 3.8) is 0 Å². The number of aliphatic hydroxyl groups is 1. The van der Waals surface area contributed by atoms with Crippen LogP contribution in [-0.2, 0) is 4.79 Å². The monoisotopic (exact) mass is 134 g/mol. The topological polar surface area (TPSA) is 37.3 Å². The van der Waals surface area contributed by atoms with Crippen LogP contribution in [0.15, 0.2) is 0 Å². The quantitative estimate of drug-likeness (QED) is 0.616. The number of aliphatic hydroxyl groups excluding tert-OH is 1. The van der Waals surface area contributed by atoms with Crippen molar-refractivity contribution in [3.05, 3.63) is 0 Å². The summed E-state index contributed by atoms with van der Waals surface area (Å²) in [5.74, 6) is -0.510. The van der Waals surface area contributed by atoms with Gasteiger partial charge in [0, 0.05) is 0 Å². The van der Waals surface area contributed by atoms with Crippen LogP contribution in [-0.4, -0.2) is 23.2 Å². The van der Waals surface area contributed by atoms with Crippen LogP contribution in [0.25, 0.3) is 0 Å². The molecule has 0 aliphatic heterocycles. The molecule has 0 saturated heterocycles. The number of alkyl halides is 1. The lowest BCUT2D eigenvalue weighted by atomic mass is 10.1. The minimum Gasteiger partial charge on any atom is -0.382 e. The summed E-state index contributed by atoms with van der Waals surface area (Å²) in [6.07, 6.45) is -2.64. The van der Waals surface area contributed by atoms with Gasteiger partial charge in [-0.2, -0.15) is 0 Å². The van der Waals surface area contributed by atoms with Crippen LogP contribution in [0.1, 0.15) is 20.3 Å². The van der Waals surface area contributed by atoms with Crippen LogP contribution in [0.5, 0.6) is 0 Å². The number of halogens is 1. The molecule has 0 saturated carbocycles. The molecular weight excluding hydrogens is 123 g/mol. The van der Waals surface area contributed by atoms with Crippen molar-refractivity contribution in [2.45, 2.75) is 32.5 Å². The molecule has 0 aliphatic rings. The second-order valence-corrected chi connectivity index (χ2v) is 1.98. The maximum absolute atomic E-state index is 12.3. The molecule has 0 amide bonds. The fraction of sp³-hybridized carbons (Fsp3) is 0.833. The Morgan fingerprint density at radius 2 is 2.22 bits per heavy atom. The lowest BCUT2D eigenvalue weighted by Gasteiger charge is -2.08. The van der Waals surface area contributed by atoms with E-state index in [1.807, 2.05) is 0 Å². The Hall–Kier alpha value is -0.440. The Bertz CT molecular complexity index is 103. The van der Waals surface area contributed by atoms with Crippen LogP contribution in [0, 0.1) is 0 Å². The summed E-state index contributed by atoms with van der Waals surface area (Å²) in [5, 5.41) is 8.67. The predicted molar refractivity (Wildman–Crippen MR) is 31.9 cm³/mol. The largest absolute Gasteiger partial charge is 0.382 e. The molecule has 54 valence electrons. The van der Waals surface area contributed by atoms with Gasteiger partial charge in [0.05, 0.1) is 0 Å². The zero-order valence-corrected chi connectivity index (χ0v) is 5.60. The molecule has 0 bridgehead atoms. The first-order valence-electron chi connectivity index (χ1n) is 2.92. The van der Waals surface area contributed by atoms with Crippen LogP contribution in [0.4, 0.5) is 4.39 Å². The van der Waals surface area contributed by atoms with Crippen molar-refractivity contribution in [2.24, 2.45) is 0 Å². The van der Waals surface area contributed by atoms with Crippen LogP contribution in [0.2, 0.25) is 0 Å². The molecule has 0 aromatic heterocycles. The molecule has 0 fully saturated rings. The van der Waals surface area contributed by atoms with Crippen LogP contribution >= 0.6 is 0 Å². The zero-order chi connectivity index (χ0) is 7.44. The van der Waals surface area contributed by atoms with Gasteiger partial charge < -0.3 is 5.11 Å². The summed E-state index contributed by atoms with van der Waals surface area (Å²) >= 11 is 0. The summed E-state index contributed by atoms with van der Waals surface area (Å²) in [6, 6.07) is 0. The summed E-state index contributed by atoms with van der Waals surface area (Å²) in [5.41, 5.74) is 0. The van der Waals surface area contributed by atoms with Crippen LogP contribution in [0.3, 0.4) is 0 Å². The highest BCUT2D eigenvalue weighted by molar-refractivity contribution is 5.80. The molecule has 0 aliphatic carbocycles. The minimum atomic E-state index is -1.42. The molecule has 2 atom stereocenters. The van der Waals surface area contributed by atoms with E-state index in [0.717, 1.165) is 0 Å². The Balaban J connectivity index is 3.72. The maximum Gasteiger partial charge on any atom is 0.161 e. The standard InChI is InChI=1S/C6H11FO2/c1-3-5(7)6(9)4(2)8/h5-6,9H,3H2,1-2H3/t5-,6-/m1/s1.